The van der Waals surface area contributed by atoms with Gasteiger partial charge in [0.25, 0.3) is 0 Å². The van der Waals surface area contributed by atoms with Crippen molar-refractivity contribution in [3.8, 4) is 5.75 Å². The van der Waals surface area contributed by atoms with Crippen molar-refractivity contribution >= 4 is 56.2 Å². The van der Waals surface area contributed by atoms with Gasteiger partial charge in [-0.3, -0.25) is 9.78 Å². The van der Waals surface area contributed by atoms with Gasteiger partial charge in [0, 0.05) is 40.9 Å². The molecule has 0 saturated heterocycles. The number of hydrogen-bond donors (Lipinski definition) is 2. The number of methoxy groups -OCH3 is 1. The number of carbonyl (C=O) groups is 2. The van der Waals surface area contributed by atoms with Crippen molar-refractivity contribution in [1.82, 2.24) is 9.29 Å². The Bertz CT molecular complexity index is 1500. The molecule has 202 valence electrons. The SMILES string of the molecule is COc1ccccc1CN(CC(=O)OC(=O)C(F)(F)F)S(=O)(=O)c1ccc2c(NC(N)=NCl)cncc2c1. The number of nitrogens with zero attached hydrogens (tertiary/aromatic N) is 3. The second-order valence-electron chi connectivity index (χ2n) is 7.51. The Labute approximate surface area is 219 Å². The molecule has 0 aliphatic carbocycles. The second kappa shape index (κ2) is 11.6. The van der Waals surface area contributed by atoms with Crippen LogP contribution in [0, 0.1) is 0 Å². The molecule has 0 aliphatic rings. The zero-order chi connectivity index (χ0) is 28.1. The predicted molar refractivity (Wildman–Crippen MR) is 131 cm³/mol. The molecule has 3 aromatic rings. The Morgan fingerprint density at radius 3 is 2.55 bits per heavy atom. The van der Waals surface area contributed by atoms with Crippen LogP contribution in [0.3, 0.4) is 0 Å². The lowest BCUT2D eigenvalue weighted by Crippen LogP contribution is -2.38. The number of hydrogen-bond acceptors (Lipinski definition) is 8. The van der Waals surface area contributed by atoms with Crippen LogP contribution in [0.25, 0.3) is 10.8 Å². The summed E-state index contributed by atoms with van der Waals surface area (Å²) in [4.78, 5) is 27.0. The van der Waals surface area contributed by atoms with E-state index in [2.05, 4.69) is 19.5 Å². The summed E-state index contributed by atoms with van der Waals surface area (Å²) in [5.74, 6) is -4.39. The van der Waals surface area contributed by atoms with E-state index in [9.17, 15) is 31.2 Å². The number of rotatable bonds is 8. The number of aromatic nitrogens is 1. The van der Waals surface area contributed by atoms with E-state index in [4.69, 9.17) is 22.2 Å². The quantitative estimate of drug-likeness (QED) is 0.179. The fourth-order valence-corrected chi connectivity index (χ4v) is 4.75. The van der Waals surface area contributed by atoms with E-state index in [-0.39, 0.29) is 16.6 Å². The molecule has 3 N–H and O–H groups in total. The average Bonchev–Trinajstić information content (AvgIpc) is 2.87. The number of anilines is 1. The third kappa shape index (κ3) is 6.67. The molecule has 0 bridgehead atoms. The zero-order valence-electron chi connectivity index (χ0n) is 19.4. The maximum absolute atomic E-state index is 13.6. The minimum atomic E-state index is -5.45. The van der Waals surface area contributed by atoms with Crippen molar-refractivity contribution in [1.29, 1.82) is 0 Å². The number of nitrogens with two attached hydrogens (primary N) is 1. The summed E-state index contributed by atoms with van der Waals surface area (Å²) in [6.07, 6.45) is -2.70. The van der Waals surface area contributed by atoms with Crippen LogP contribution in [0.5, 0.6) is 5.75 Å². The van der Waals surface area contributed by atoms with Crippen LogP contribution < -0.4 is 15.8 Å². The van der Waals surface area contributed by atoms with Crippen LogP contribution in [-0.2, 0) is 30.9 Å². The highest BCUT2D eigenvalue weighted by Crippen LogP contribution is 2.28. The Balaban J connectivity index is 2.02. The number of para-hydroxylation sites is 1. The number of pyridine rings is 1. The van der Waals surface area contributed by atoms with Gasteiger partial charge in [-0.15, -0.1) is 4.51 Å². The van der Waals surface area contributed by atoms with Gasteiger partial charge in [0.15, 0.2) is 0 Å². The number of fused-ring (bicyclic) bond motifs is 1. The summed E-state index contributed by atoms with van der Waals surface area (Å²) in [5.41, 5.74) is 6.21. The lowest BCUT2D eigenvalue weighted by Gasteiger charge is -2.22. The first-order valence-electron chi connectivity index (χ1n) is 10.4. The first-order chi connectivity index (χ1) is 17.9. The normalized spacial score (nSPS) is 12.4. The summed E-state index contributed by atoms with van der Waals surface area (Å²) in [5, 5.41) is 3.50. The van der Waals surface area contributed by atoms with Gasteiger partial charge in [0.05, 0.1) is 23.9 Å². The number of esters is 2. The molecule has 3 rings (SSSR count). The van der Waals surface area contributed by atoms with Crippen molar-refractivity contribution in [3.63, 3.8) is 0 Å². The highest BCUT2D eigenvalue weighted by molar-refractivity contribution is 7.89. The smallest absolute Gasteiger partial charge is 0.491 e. The summed E-state index contributed by atoms with van der Waals surface area (Å²) in [6, 6.07) is 10.1. The lowest BCUT2D eigenvalue weighted by atomic mass is 10.1. The molecule has 0 aliphatic heterocycles. The van der Waals surface area contributed by atoms with Gasteiger partial charge in [0.1, 0.15) is 12.3 Å². The first-order valence-corrected chi connectivity index (χ1v) is 12.2. The molecular weight excluding hydrogens is 555 g/mol. The molecule has 38 heavy (non-hydrogen) atoms. The molecule has 0 radical (unpaired) electrons. The van der Waals surface area contributed by atoms with Gasteiger partial charge in [-0.25, -0.2) is 13.2 Å². The third-order valence-corrected chi connectivity index (χ3v) is 6.97. The van der Waals surface area contributed by atoms with Crippen molar-refractivity contribution in [2.75, 3.05) is 19.0 Å². The molecule has 0 atom stereocenters. The average molecular weight is 574 g/mol. The van der Waals surface area contributed by atoms with Crippen LogP contribution in [0.4, 0.5) is 18.9 Å². The lowest BCUT2D eigenvalue weighted by molar-refractivity contribution is -0.201. The monoisotopic (exact) mass is 573 g/mol. The zero-order valence-corrected chi connectivity index (χ0v) is 21.0. The maximum Gasteiger partial charge on any atom is 0.491 e. The molecule has 0 amide bonds. The largest absolute Gasteiger partial charge is 0.496 e. The van der Waals surface area contributed by atoms with Gasteiger partial charge < -0.3 is 20.5 Å². The molecule has 2 aromatic carbocycles. The number of carbonyl (C=O) groups excluding carboxylic acids is 2. The topological polar surface area (TPSA) is 153 Å². The molecule has 0 saturated carbocycles. The van der Waals surface area contributed by atoms with E-state index in [0.717, 1.165) is 0 Å². The van der Waals surface area contributed by atoms with E-state index in [1.807, 2.05) is 0 Å². The number of guanidine groups is 1. The Hall–Kier alpha value is -3.95. The Morgan fingerprint density at radius 2 is 1.89 bits per heavy atom. The first kappa shape index (κ1) is 28.6. The summed E-state index contributed by atoms with van der Waals surface area (Å²) in [6.45, 7) is -1.70. The minimum Gasteiger partial charge on any atom is -0.496 e. The van der Waals surface area contributed by atoms with Gasteiger partial charge in [-0.1, -0.05) is 24.3 Å². The van der Waals surface area contributed by atoms with Crippen LogP contribution in [0.1, 0.15) is 5.56 Å². The van der Waals surface area contributed by atoms with Gasteiger partial charge in [0.2, 0.25) is 16.0 Å². The molecule has 1 heterocycles. The fourth-order valence-electron chi connectivity index (χ4n) is 3.31. The summed E-state index contributed by atoms with van der Waals surface area (Å²) in [7, 11) is -3.22. The van der Waals surface area contributed by atoms with Crippen molar-refractivity contribution in [2.24, 2.45) is 10.2 Å². The van der Waals surface area contributed by atoms with E-state index in [0.29, 0.717) is 26.3 Å². The second-order valence-corrected chi connectivity index (χ2v) is 9.62. The van der Waals surface area contributed by atoms with E-state index in [1.165, 1.54) is 49.8 Å². The van der Waals surface area contributed by atoms with E-state index in [1.54, 1.807) is 12.1 Å². The summed E-state index contributed by atoms with van der Waals surface area (Å²) >= 11 is 5.32. The standard InChI is InChI=1S/C22H19ClF3N5O6S/c1-36-18-5-3-2-4-13(18)11-31(12-19(32)37-20(33)22(24,25)26)38(34,35)15-6-7-16-14(8-15)9-28-10-17(16)29-21(27)30-23/h2-10H,11-12H2,1H3,(H3,27,29,30). The van der Waals surface area contributed by atoms with Gasteiger partial charge in [-0.05, 0) is 18.2 Å². The molecular formula is C22H19ClF3N5O6S. The van der Waals surface area contributed by atoms with E-state index >= 15 is 0 Å². The predicted octanol–water partition coefficient (Wildman–Crippen LogP) is 2.95. The number of ether oxygens (including phenoxy) is 2. The Kier molecular flexibility index (Phi) is 8.75. The highest BCUT2D eigenvalue weighted by atomic mass is 35.5. The number of sulfonamides is 1. The number of nitrogens with one attached hydrogen (secondary N) is 1. The van der Waals surface area contributed by atoms with Crippen molar-refractivity contribution < 1.29 is 40.7 Å². The van der Waals surface area contributed by atoms with Crippen molar-refractivity contribution in [2.45, 2.75) is 17.6 Å². The van der Waals surface area contributed by atoms with Crippen LogP contribution in [-0.4, -0.2) is 55.4 Å². The molecule has 1 aromatic heterocycles. The number of alkyl halides is 3. The maximum atomic E-state index is 13.6. The molecule has 0 spiro atoms. The molecule has 11 nitrogen and oxygen atoms in total. The molecule has 0 fully saturated rings. The fraction of sp³-hybridized carbons (Fsp3) is 0.182. The van der Waals surface area contributed by atoms with E-state index < -0.39 is 41.2 Å². The van der Waals surface area contributed by atoms with Gasteiger partial charge in [-0.2, -0.15) is 17.5 Å². The molecule has 16 heteroatoms. The third-order valence-electron chi connectivity index (χ3n) is 5.00. The van der Waals surface area contributed by atoms with Crippen LogP contribution in [0.2, 0.25) is 0 Å². The molecule has 0 unspecified atom stereocenters. The van der Waals surface area contributed by atoms with Gasteiger partial charge >= 0.3 is 18.1 Å². The summed E-state index contributed by atoms with van der Waals surface area (Å²) < 4.78 is 77.7. The van der Waals surface area contributed by atoms with Crippen LogP contribution in [0.15, 0.2) is 64.3 Å². The minimum absolute atomic E-state index is 0.146. The number of benzene rings is 2. The van der Waals surface area contributed by atoms with Crippen LogP contribution >= 0.6 is 11.8 Å². The van der Waals surface area contributed by atoms with Crippen molar-refractivity contribution in [3.05, 3.63) is 60.4 Å². The highest BCUT2D eigenvalue weighted by Gasteiger charge is 2.43. The number of halogens is 4. The Morgan fingerprint density at radius 1 is 1.18 bits per heavy atom.